The zero-order chi connectivity index (χ0) is 16.1. The molecule has 1 saturated heterocycles. The van der Waals surface area contributed by atoms with E-state index >= 15 is 0 Å². The molecule has 1 saturated carbocycles. The molecule has 2 fully saturated rings. The molecule has 0 aromatic carbocycles. The Morgan fingerprint density at radius 1 is 1.39 bits per heavy atom. The number of nitrogens with zero attached hydrogens (tertiary/aromatic N) is 2. The van der Waals surface area contributed by atoms with Crippen molar-refractivity contribution < 1.29 is 9.53 Å². The minimum Gasteiger partial charge on any atom is -0.378 e. The van der Waals surface area contributed by atoms with Gasteiger partial charge < -0.3 is 20.7 Å². The number of carbonyl (C=O) groups excluding carboxylic acids is 1. The number of aromatic nitrogens is 1. The summed E-state index contributed by atoms with van der Waals surface area (Å²) >= 11 is 0. The molecule has 6 heteroatoms. The predicted molar refractivity (Wildman–Crippen MR) is 89.0 cm³/mol. The minimum atomic E-state index is 0.0838. The highest BCUT2D eigenvalue weighted by molar-refractivity contribution is 5.79. The van der Waals surface area contributed by atoms with Gasteiger partial charge in [-0.1, -0.05) is 6.42 Å². The highest BCUT2D eigenvalue weighted by atomic mass is 16.5. The Balaban J connectivity index is 1.56. The lowest BCUT2D eigenvalue weighted by Crippen LogP contribution is -2.37. The third-order valence-corrected chi connectivity index (χ3v) is 4.91. The van der Waals surface area contributed by atoms with Crippen molar-refractivity contribution in [3.05, 3.63) is 23.9 Å². The van der Waals surface area contributed by atoms with Gasteiger partial charge in [0, 0.05) is 31.7 Å². The first kappa shape index (κ1) is 16.2. The monoisotopic (exact) mass is 318 g/mol. The molecule has 0 unspecified atom stereocenters. The second-order valence-corrected chi connectivity index (χ2v) is 6.37. The summed E-state index contributed by atoms with van der Waals surface area (Å²) in [5, 5.41) is 3.07. The van der Waals surface area contributed by atoms with Crippen molar-refractivity contribution >= 4 is 11.7 Å². The standard InChI is InChI=1S/C17H26N4O2/c18-11-14-2-1-3-15(14)17(22)20-12-13-4-5-19-16(10-13)21-6-8-23-9-7-21/h4-5,10,14-15H,1-3,6-9,11-12,18H2,(H,20,22)/t14-,15-/m1/s1. The minimum absolute atomic E-state index is 0.0838. The van der Waals surface area contributed by atoms with E-state index in [1.807, 2.05) is 12.3 Å². The van der Waals surface area contributed by atoms with Crippen LogP contribution in [0.15, 0.2) is 18.3 Å². The molecule has 6 nitrogen and oxygen atoms in total. The van der Waals surface area contributed by atoms with E-state index in [1.165, 1.54) is 0 Å². The zero-order valence-corrected chi connectivity index (χ0v) is 13.5. The quantitative estimate of drug-likeness (QED) is 0.843. The number of rotatable bonds is 5. The van der Waals surface area contributed by atoms with Crippen LogP contribution in [0.2, 0.25) is 0 Å². The number of pyridine rings is 1. The lowest BCUT2D eigenvalue weighted by molar-refractivity contribution is -0.126. The Labute approximate surface area is 137 Å². The van der Waals surface area contributed by atoms with Crippen LogP contribution in [0.5, 0.6) is 0 Å². The molecule has 0 bridgehead atoms. The predicted octanol–water partition coefficient (Wildman–Crippen LogP) is 0.909. The molecular weight excluding hydrogens is 292 g/mol. The van der Waals surface area contributed by atoms with Gasteiger partial charge in [0.25, 0.3) is 0 Å². The van der Waals surface area contributed by atoms with Crippen LogP contribution in [0.25, 0.3) is 0 Å². The number of amides is 1. The van der Waals surface area contributed by atoms with Crippen molar-refractivity contribution in [3.63, 3.8) is 0 Å². The molecular formula is C17H26N4O2. The summed E-state index contributed by atoms with van der Waals surface area (Å²) in [6.07, 6.45) is 4.95. The van der Waals surface area contributed by atoms with Crippen LogP contribution in [0.1, 0.15) is 24.8 Å². The van der Waals surface area contributed by atoms with Gasteiger partial charge in [-0.15, -0.1) is 0 Å². The van der Waals surface area contributed by atoms with Crippen LogP contribution in [0.4, 0.5) is 5.82 Å². The van der Waals surface area contributed by atoms with E-state index < -0.39 is 0 Å². The zero-order valence-electron chi connectivity index (χ0n) is 13.5. The van der Waals surface area contributed by atoms with E-state index in [0.717, 1.165) is 56.9 Å². The lowest BCUT2D eigenvalue weighted by Gasteiger charge is -2.28. The van der Waals surface area contributed by atoms with Gasteiger partial charge in [0.05, 0.1) is 13.2 Å². The first-order chi connectivity index (χ1) is 11.3. The SMILES string of the molecule is NC[C@H]1CCC[C@H]1C(=O)NCc1ccnc(N2CCOCC2)c1. The fourth-order valence-corrected chi connectivity index (χ4v) is 3.52. The van der Waals surface area contributed by atoms with E-state index in [-0.39, 0.29) is 11.8 Å². The Morgan fingerprint density at radius 2 is 2.22 bits per heavy atom. The topological polar surface area (TPSA) is 80.5 Å². The van der Waals surface area contributed by atoms with Crippen LogP contribution in [0.3, 0.4) is 0 Å². The van der Waals surface area contributed by atoms with Gasteiger partial charge in [-0.3, -0.25) is 4.79 Å². The molecule has 1 aliphatic carbocycles. The highest BCUT2D eigenvalue weighted by Crippen LogP contribution is 2.31. The Kier molecular flexibility index (Phi) is 5.46. The number of ether oxygens (including phenoxy) is 1. The Bertz CT molecular complexity index is 531. The van der Waals surface area contributed by atoms with Gasteiger partial charge in [-0.25, -0.2) is 4.98 Å². The second kappa shape index (κ2) is 7.75. The maximum absolute atomic E-state index is 12.4. The van der Waals surface area contributed by atoms with Crippen LogP contribution in [0, 0.1) is 11.8 Å². The van der Waals surface area contributed by atoms with Crippen LogP contribution in [-0.2, 0) is 16.1 Å². The number of hydrogen-bond donors (Lipinski definition) is 2. The van der Waals surface area contributed by atoms with Crippen LogP contribution in [-0.4, -0.2) is 43.7 Å². The van der Waals surface area contributed by atoms with Gasteiger partial charge in [0.15, 0.2) is 0 Å². The maximum Gasteiger partial charge on any atom is 0.223 e. The molecule has 1 amide bonds. The average molecular weight is 318 g/mol. The summed E-state index contributed by atoms with van der Waals surface area (Å²) in [4.78, 5) is 19.0. The Morgan fingerprint density at radius 3 is 3.00 bits per heavy atom. The molecule has 0 radical (unpaired) electrons. The van der Waals surface area contributed by atoms with Gasteiger partial charge in [-0.05, 0) is 43.0 Å². The molecule has 1 aromatic heterocycles. The summed E-state index contributed by atoms with van der Waals surface area (Å²) in [6, 6.07) is 4.01. The van der Waals surface area contributed by atoms with E-state index in [1.54, 1.807) is 0 Å². The number of anilines is 1. The van der Waals surface area contributed by atoms with E-state index in [4.69, 9.17) is 10.5 Å². The average Bonchev–Trinajstić information content (AvgIpc) is 3.09. The number of carbonyl (C=O) groups is 1. The molecule has 2 heterocycles. The molecule has 0 spiro atoms. The number of nitrogens with one attached hydrogen (secondary N) is 1. The van der Waals surface area contributed by atoms with Gasteiger partial charge >= 0.3 is 0 Å². The van der Waals surface area contributed by atoms with Gasteiger partial charge in [0.2, 0.25) is 5.91 Å². The fraction of sp³-hybridized carbons (Fsp3) is 0.647. The first-order valence-corrected chi connectivity index (χ1v) is 8.53. The third kappa shape index (κ3) is 4.00. The molecule has 3 N–H and O–H groups in total. The number of hydrogen-bond acceptors (Lipinski definition) is 5. The normalized spacial score (nSPS) is 24.7. The summed E-state index contributed by atoms with van der Waals surface area (Å²) in [7, 11) is 0. The van der Waals surface area contributed by atoms with Crippen molar-refractivity contribution in [1.29, 1.82) is 0 Å². The molecule has 3 rings (SSSR count). The first-order valence-electron chi connectivity index (χ1n) is 8.53. The van der Waals surface area contributed by atoms with E-state index in [2.05, 4.69) is 21.3 Å². The molecule has 2 aliphatic rings. The molecule has 1 aliphatic heterocycles. The maximum atomic E-state index is 12.4. The fourth-order valence-electron chi connectivity index (χ4n) is 3.52. The summed E-state index contributed by atoms with van der Waals surface area (Å²) in [6.45, 7) is 4.36. The summed E-state index contributed by atoms with van der Waals surface area (Å²) < 4.78 is 5.37. The second-order valence-electron chi connectivity index (χ2n) is 6.37. The molecule has 126 valence electrons. The van der Waals surface area contributed by atoms with E-state index in [0.29, 0.717) is 19.0 Å². The van der Waals surface area contributed by atoms with Crippen molar-refractivity contribution in [3.8, 4) is 0 Å². The largest absolute Gasteiger partial charge is 0.378 e. The summed E-state index contributed by atoms with van der Waals surface area (Å²) in [5.41, 5.74) is 6.85. The van der Waals surface area contributed by atoms with Crippen molar-refractivity contribution in [2.75, 3.05) is 37.7 Å². The van der Waals surface area contributed by atoms with Crippen LogP contribution < -0.4 is 16.0 Å². The van der Waals surface area contributed by atoms with Gasteiger partial charge in [0.1, 0.15) is 5.82 Å². The lowest BCUT2D eigenvalue weighted by atomic mass is 9.95. The van der Waals surface area contributed by atoms with E-state index in [9.17, 15) is 4.79 Å². The highest BCUT2D eigenvalue weighted by Gasteiger charge is 2.31. The van der Waals surface area contributed by atoms with Crippen molar-refractivity contribution in [2.24, 2.45) is 17.6 Å². The third-order valence-electron chi connectivity index (χ3n) is 4.91. The smallest absolute Gasteiger partial charge is 0.223 e. The Hall–Kier alpha value is -1.66. The van der Waals surface area contributed by atoms with Crippen LogP contribution >= 0.6 is 0 Å². The number of morpholine rings is 1. The molecule has 23 heavy (non-hydrogen) atoms. The number of nitrogens with two attached hydrogens (primary N) is 1. The molecule has 1 aromatic rings. The summed E-state index contributed by atoms with van der Waals surface area (Å²) in [5.74, 6) is 1.53. The van der Waals surface area contributed by atoms with Crippen molar-refractivity contribution in [1.82, 2.24) is 10.3 Å². The van der Waals surface area contributed by atoms with Gasteiger partial charge in [-0.2, -0.15) is 0 Å². The molecule has 2 atom stereocenters. The van der Waals surface area contributed by atoms with Crippen molar-refractivity contribution in [2.45, 2.75) is 25.8 Å².